The third kappa shape index (κ3) is 2.36. The van der Waals surface area contributed by atoms with E-state index in [0.717, 1.165) is 23.1 Å². The standard InChI is InChI=1S/C10H14N4S/c1-3-9-12-13-10(15-9)11-7-8-5-4-6-14(8)2/h4-6H,3,7H2,1-2H3,(H,11,13). The van der Waals surface area contributed by atoms with Crippen molar-refractivity contribution in [2.24, 2.45) is 7.05 Å². The molecule has 80 valence electrons. The number of rotatable bonds is 4. The largest absolute Gasteiger partial charge is 0.355 e. The molecular weight excluding hydrogens is 208 g/mol. The molecule has 4 nitrogen and oxygen atoms in total. The molecule has 0 aliphatic carbocycles. The van der Waals surface area contributed by atoms with Gasteiger partial charge in [-0.1, -0.05) is 18.3 Å². The molecule has 2 aromatic heterocycles. The fourth-order valence-corrected chi connectivity index (χ4v) is 1.99. The highest BCUT2D eigenvalue weighted by Crippen LogP contribution is 2.16. The number of hydrogen-bond donors (Lipinski definition) is 1. The van der Waals surface area contributed by atoms with Crippen molar-refractivity contribution < 1.29 is 0 Å². The number of anilines is 1. The zero-order valence-electron chi connectivity index (χ0n) is 8.90. The van der Waals surface area contributed by atoms with Gasteiger partial charge in [0.1, 0.15) is 5.01 Å². The highest BCUT2D eigenvalue weighted by atomic mass is 32.1. The van der Waals surface area contributed by atoms with Crippen molar-refractivity contribution in [2.45, 2.75) is 19.9 Å². The van der Waals surface area contributed by atoms with Gasteiger partial charge in [0, 0.05) is 18.9 Å². The third-order valence-electron chi connectivity index (χ3n) is 2.24. The van der Waals surface area contributed by atoms with Gasteiger partial charge >= 0.3 is 0 Å². The van der Waals surface area contributed by atoms with Crippen LogP contribution in [0.5, 0.6) is 0 Å². The number of aryl methyl sites for hydroxylation is 2. The molecular formula is C10H14N4S. The van der Waals surface area contributed by atoms with E-state index < -0.39 is 0 Å². The van der Waals surface area contributed by atoms with Gasteiger partial charge in [-0.2, -0.15) is 0 Å². The lowest BCUT2D eigenvalue weighted by atomic mass is 10.4. The average Bonchev–Trinajstić information content (AvgIpc) is 2.84. The molecule has 1 N–H and O–H groups in total. The lowest BCUT2D eigenvalue weighted by Crippen LogP contribution is -2.03. The summed E-state index contributed by atoms with van der Waals surface area (Å²) in [5, 5.41) is 13.4. The van der Waals surface area contributed by atoms with Crippen LogP contribution in [0.1, 0.15) is 17.6 Å². The van der Waals surface area contributed by atoms with Crippen molar-refractivity contribution in [1.29, 1.82) is 0 Å². The molecule has 2 aromatic rings. The second-order valence-electron chi connectivity index (χ2n) is 3.32. The molecule has 0 radical (unpaired) electrons. The molecule has 0 saturated heterocycles. The molecule has 15 heavy (non-hydrogen) atoms. The van der Waals surface area contributed by atoms with Gasteiger partial charge in [-0.3, -0.25) is 0 Å². The van der Waals surface area contributed by atoms with E-state index in [1.165, 1.54) is 5.69 Å². The summed E-state index contributed by atoms with van der Waals surface area (Å²) in [5.74, 6) is 0. The number of aromatic nitrogens is 3. The van der Waals surface area contributed by atoms with Crippen molar-refractivity contribution in [1.82, 2.24) is 14.8 Å². The van der Waals surface area contributed by atoms with Gasteiger partial charge < -0.3 is 9.88 Å². The van der Waals surface area contributed by atoms with Crippen molar-refractivity contribution in [3.8, 4) is 0 Å². The Kier molecular flexibility index (Phi) is 3.01. The van der Waals surface area contributed by atoms with E-state index in [2.05, 4.69) is 33.1 Å². The van der Waals surface area contributed by atoms with Crippen LogP contribution < -0.4 is 5.32 Å². The van der Waals surface area contributed by atoms with E-state index >= 15 is 0 Å². The van der Waals surface area contributed by atoms with Crippen molar-refractivity contribution in [3.05, 3.63) is 29.0 Å². The summed E-state index contributed by atoms with van der Waals surface area (Å²) in [5.41, 5.74) is 1.24. The van der Waals surface area contributed by atoms with Gasteiger partial charge in [0.2, 0.25) is 5.13 Å². The van der Waals surface area contributed by atoms with Gasteiger partial charge in [0.05, 0.1) is 6.54 Å². The van der Waals surface area contributed by atoms with Crippen molar-refractivity contribution in [3.63, 3.8) is 0 Å². The molecule has 0 fully saturated rings. The highest BCUT2D eigenvalue weighted by Gasteiger charge is 2.02. The minimum Gasteiger partial charge on any atom is -0.355 e. The number of nitrogens with one attached hydrogen (secondary N) is 1. The van der Waals surface area contributed by atoms with Crippen LogP contribution in [0.2, 0.25) is 0 Å². The summed E-state index contributed by atoms with van der Waals surface area (Å²) in [6, 6.07) is 4.13. The molecule has 0 saturated carbocycles. The summed E-state index contributed by atoms with van der Waals surface area (Å²) in [4.78, 5) is 0. The Morgan fingerprint density at radius 1 is 1.47 bits per heavy atom. The Morgan fingerprint density at radius 2 is 2.33 bits per heavy atom. The molecule has 0 aromatic carbocycles. The van der Waals surface area contributed by atoms with E-state index in [1.54, 1.807) is 11.3 Å². The Balaban J connectivity index is 1.96. The van der Waals surface area contributed by atoms with Crippen molar-refractivity contribution >= 4 is 16.5 Å². The van der Waals surface area contributed by atoms with Gasteiger partial charge in [-0.25, -0.2) is 0 Å². The molecule has 0 bridgehead atoms. The van der Waals surface area contributed by atoms with Gasteiger partial charge in [-0.15, -0.1) is 10.2 Å². The molecule has 0 aliphatic rings. The average molecular weight is 222 g/mol. The zero-order valence-corrected chi connectivity index (χ0v) is 9.71. The van der Waals surface area contributed by atoms with Crippen LogP contribution >= 0.6 is 11.3 Å². The number of hydrogen-bond acceptors (Lipinski definition) is 4. The van der Waals surface area contributed by atoms with Crippen LogP contribution in [0.15, 0.2) is 18.3 Å². The maximum absolute atomic E-state index is 4.06. The molecule has 0 unspecified atom stereocenters. The molecule has 2 heterocycles. The lowest BCUT2D eigenvalue weighted by molar-refractivity contribution is 0.840. The van der Waals surface area contributed by atoms with Gasteiger partial charge in [-0.05, 0) is 18.6 Å². The maximum atomic E-state index is 4.06. The summed E-state index contributed by atoms with van der Waals surface area (Å²) >= 11 is 1.62. The van der Waals surface area contributed by atoms with Crippen LogP contribution in [0, 0.1) is 0 Å². The Bertz CT molecular complexity index is 432. The van der Waals surface area contributed by atoms with Crippen LogP contribution in [0.4, 0.5) is 5.13 Å². The first-order valence-corrected chi connectivity index (χ1v) is 5.77. The van der Waals surface area contributed by atoms with E-state index in [0.29, 0.717) is 0 Å². The first kappa shape index (κ1) is 10.2. The molecule has 0 spiro atoms. The lowest BCUT2D eigenvalue weighted by Gasteiger charge is -2.03. The van der Waals surface area contributed by atoms with E-state index in [9.17, 15) is 0 Å². The predicted octanol–water partition coefficient (Wildman–Crippen LogP) is 2.05. The van der Waals surface area contributed by atoms with Gasteiger partial charge in [0.15, 0.2) is 0 Å². The zero-order chi connectivity index (χ0) is 10.7. The van der Waals surface area contributed by atoms with E-state index in [1.807, 2.05) is 19.3 Å². The maximum Gasteiger partial charge on any atom is 0.205 e. The third-order valence-corrected chi connectivity index (χ3v) is 3.27. The molecule has 0 aliphatic heterocycles. The van der Waals surface area contributed by atoms with E-state index in [4.69, 9.17) is 0 Å². The normalized spacial score (nSPS) is 10.5. The summed E-state index contributed by atoms with van der Waals surface area (Å²) in [7, 11) is 2.04. The first-order chi connectivity index (χ1) is 7.29. The predicted molar refractivity (Wildman–Crippen MR) is 62.0 cm³/mol. The Morgan fingerprint density at radius 3 is 2.93 bits per heavy atom. The number of nitrogens with zero attached hydrogens (tertiary/aromatic N) is 3. The quantitative estimate of drug-likeness (QED) is 0.861. The molecule has 0 amide bonds. The Hall–Kier alpha value is -1.36. The second kappa shape index (κ2) is 4.44. The van der Waals surface area contributed by atoms with Crippen LogP contribution in [0.25, 0.3) is 0 Å². The first-order valence-electron chi connectivity index (χ1n) is 4.96. The molecule has 5 heteroatoms. The highest BCUT2D eigenvalue weighted by molar-refractivity contribution is 7.15. The fourth-order valence-electron chi connectivity index (χ4n) is 1.31. The minimum absolute atomic E-state index is 0.793. The minimum atomic E-state index is 0.793. The fraction of sp³-hybridized carbons (Fsp3) is 0.400. The molecule has 0 atom stereocenters. The summed E-state index contributed by atoms with van der Waals surface area (Å²) < 4.78 is 2.09. The van der Waals surface area contributed by atoms with Crippen molar-refractivity contribution in [2.75, 3.05) is 5.32 Å². The SMILES string of the molecule is CCc1nnc(NCc2cccn2C)s1. The molecule has 2 rings (SSSR count). The topological polar surface area (TPSA) is 42.7 Å². The van der Waals surface area contributed by atoms with Crippen LogP contribution in [-0.4, -0.2) is 14.8 Å². The summed E-state index contributed by atoms with van der Waals surface area (Å²) in [6.45, 7) is 2.88. The van der Waals surface area contributed by atoms with Gasteiger partial charge in [0.25, 0.3) is 0 Å². The van der Waals surface area contributed by atoms with E-state index in [-0.39, 0.29) is 0 Å². The Labute approximate surface area is 93.0 Å². The summed E-state index contributed by atoms with van der Waals surface area (Å²) in [6.07, 6.45) is 2.98. The van der Waals surface area contributed by atoms with Crippen LogP contribution in [0.3, 0.4) is 0 Å². The van der Waals surface area contributed by atoms with Crippen LogP contribution in [-0.2, 0) is 20.0 Å². The monoisotopic (exact) mass is 222 g/mol. The second-order valence-corrected chi connectivity index (χ2v) is 4.38. The smallest absolute Gasteiger partial charge is 0.205 e.